The molecule has 0 saturated heterocycles. The molecule has 0 aliphatic rings. The summed E-state index contributed by atoms with van der Waals surface area (Å²) < 4.78 is 0. The van der Waals surface area contributed by atoms with Gasteiger partial charge in [0.2, 0.25) is 5.91 Å². The zero-order valence-electron chi connectivity index (χ0n) is 12.8. The van der Waals surface area contributed by atoms with Crippen molar-refractivity contribution in [3.05, 3.63) is 16.1 Å². The fraction of sp³-hybridized carbons (Fsp3) is 0.714. The van der Waals surface area contributed by atoms with Gasteiger partial charge in [-0.15, -0.1) is 11.3 Å². The Morgan fingerprint density at radius 2 is 2.16 bits per heavy atom. The van der Waals surface area contributed by atoms with Gasteiger partial charge in [-0.2, -0.15) is 0 Å². The first-order valence-electron chi connectivity index (χ1n) is 6.69. The lowest BCUT2D eigenvalue weighted by Gasteiger charge is -2.20. The van der Waals surface area contributed by atoms with E-state index in [1.54, 1.807) is 16.2 Å². The summed E-state index contributed by atoms with van der Waals surface area (Å²) in [6.07, 6.45) is 0. The van der Waals surface area contributed by atoms with E-state index in [4.69, 9.17) is 0 Å². The Morgan fingerprint density at radius 1 is 1.53 bits per heavy atom. The van der Waals surface area contributed by atoms with Crippen LogP contribution >= 0.6 is 11.3 Å². The standard InChI is InChI=1S/C14H25N3OS/c1-7-17(6)13(18)10(2)15-8-12-16-11(9-19-12)14(3,4)5/h9-10,15H,7-8H2,1-6H3. The number of nitrogens with zero attached hydrogens (tertiary/aromatic N) is 2. The molecule has 5 heteroatoms. The third-order valence-electron chi connectivity index (χ3n) is 3.10. The average Bonchev–Trinajstić information content (AvgIpc) is 2.82. The second-order valence-electron chi connectivity index (χ2n) is 5.83. The van der Waals surface area contributed by atoms with Crippen molar-refractivity contribution >= 4 is 17.2 Å². The van der Waals surface area contributed by atoms with Crippen LogP contribution in [0.15, 0.2) is 5.38 Å². The molecule has 0 aliphatic carbocycles. The Labute approximate surface area is 120 Å². The quantitative estimate of drug-likeness (QED) is 0.902. The summed E-state index contributed by atoms with van der Waals surface area (Å²) in [4.78, 5) is 18.2. The predicted molar refractivity (Wildman–Crippen MR) is 80.4 cm³/mol. The van der Waals surface area contributed by atoms with Crippen LogP contribution < -0.4 is 5.32 Å². The van der Waals surface area contributed by atoms with Crippen molar-refractivity contribution in [1.82, 2.24) is 15.2 Å². The van der Waals surface area contributed by atoms with Crippen LogP contribution in [-0.2, 0) is 16.8 Å². The molecule has 1 unspecified atom stereocenters. The molecular formula is C14H25N3OS. The molecule has 1 N–H and O–H groups in total. The molecule has 0 aromatic carbocycles. The number of rotatable bonds is 5. The fourth-order valence-electron chi connectivity index (χ4n) is 1.55. The zero-order chi connectivity index (χ0) is 14.6. The minimum absolute atomic E-state index is 0.0820. The van der Waals surface area contributed by atoms with Gasteiger partial charge in [0.05, 0.1) is 11.7 Å². The molecule has 4 nitrogen and oxygen atoms in total. The molecule has 1 amide bonds. The van der Waals surface area contributed by atoms with Crippen molar-refractivity contribution in [3.63, 3.8) is 0 Å². The first kappa shape index (κ1) is 16.1. The van der Waals surface area contributed by atoms with Gasteiger partial charge in [0.15, 0.2) is 0 Å². The molecule has 1 atom stereocenters. The fourth-order valence-corrected chi connectivity index (χ4v) is 2.52. The Morgan fingerprint density at radius 3 is 2.63 bits per heavy atom. The van der Waals surface area contributed by atoms with Crippen molar-refractivity contribution < 1.29 is 4.79 Å². The highest BCUT2D eigenvalue weighted by Gasteiger charge is 2.19. The number of nitrogens with one attached hydrogen (secondary N) is 1. The molecule has 0 aliphatic heterocycles. The highest BCUT2D eigenvalue weighted by molar-refractivity contribution is 7.09. The number of thiazole rings is 1. The van der Waals surface area contributed by atoms with Gasteiger partial charge in [0, 0.05) is 30.9 Å². The first-order chi connectivity index (χ1) is 8.75. The maximum absolute atomic E-state index is 11.9. The Hall–Kier alpha value is -0.940. The van der Waals surface area contributed by atoms with E-state index >= 15 is 0 Å². The summed E-state index contributed by atoms with van der Waals surface area (Å²) in [5.41, 5.74) is 1.19. The maximum atomic E-state index is 11.9. The number of hydrogen-bond acceptors (Lipinski definition) is 4. The molecule has 1 aromatic heterocycles. The number of likely N-dealkylation sites (N-methyl/N-ethyl adjacent to an activating group) is 1. The van der Waals surface area contributed by atoms with Crippen molar-refractivity contribution in [2.24, 2.45) is 0 Å². The monoisotopic (exact) mass is 283 g/mol. The number of carbonyl (C=O) groups excluding carboxylic acids is 1. The van der Waals surface area contributed by atoms with Crippen LogP contribution in [0.25, 0.3) is 0 Å². The van der Waals surface area contributed by atoms with Crippen molar-refractivity contribution in [2.45, 2.75) is 52.6 Å². The third kappa shape index (κ3) is 4.58. The molecule has 19 heavy (non-hydrogen) atoms. The normalized spacial score (nSPS) is 13.4. The molecule has 0 spiro atoms. The van der Waals surface area contributed by atoms with Crippen LogP contribution in [0.3, 0.4) is 0 Å². The summed E-state index contributed by atoms with van der Waals surface area (Å²) in [6.45, 7) is 11.7. The molecule has 0 saturated carbocycles. The van der Waals surface area contributed by atoms with Gasteiger partial charge in [-0.05, 0) is 13.8 Å². The van der Waals surface area contributed by atoms with E-state index in [0.29, 0.717) is 6.54 Å². The first-order valence-corrected chi connectivity index (χ1v) is 7.57. The van der Waals surface area contributed by atoms with E-state index < -0.39 is 0 Å². The molecule has 0 fully saturated rings. The lowest BCUT2D eigenvalue weighted by atomic mass is 9.93. The van der Waals surface area contributed by atoms with Crippen molar-refractivity contribution in [2.75, 3.05) is 13.6 Å². The van der Waals surface area contributed by atoms with Crippen LogP contribution in [-0.4, -0.2) is 35.4 Å². The second kappa shape index (κ2) is 6.48. The topological polar surface area (TPSA) is 45.2 Å². The van der Waals surface area contributed by atoms with Crippen LogP contribution in [0, 0.1) is 0 Å². The van der Waals surface area contributed by atoms with E-state index in [1.165, 1.54) is 0 Å². The minimum atomic E-state index is -0.174. The van der Waals surface area contributed by atoms with Crippen LogP contribution in [0.4, 0.5) is 0 Å². The van der Waals surface area contributed by atoms with Crippen molar-refractivity contribution in [1.29, 1.82) is 0 Å². The average molecular weight is 283 g/mol. The van der Waals surface area contributed by atoms with Crippen LogP contribution in [0.1, 0.15) is 45.3 Å². The Kier molecular flexibility index (Phi) is 5.50. The van der Waals surface area contributed by atoms with Gasteiger partial charge in [-0.3, -0.25) is 10.1 Å². The number of hydrogen-bond donors (Lipinski definition) is 1. The molecular weight excluding hydrogens is 258 g/mol. The summed E-state index contributed by atoms with van der Waals surface area (Å²) in [5.74, 6) is 0.120. The van der Waals surface area contributed by atoms with Crippen LogP contribution in [0.2, 0.25) is 0 Å². The number of aromatic nitrogens is 1. The van der Waals surface area contributed by atoms with Crippen LogP contribution in [0.5, 0.6) is 0 Å². The molecule has 0 bridgehead atoms. The summed E-state index contributed by atoms with van der Waals surface area (Å²) >= 11 is 1.65. The van der Waals surface area contributed by atoms with Gasteiger partial charge < -0.3 is 4.90 Å². The van der Waals surface area contributed by atoms with E-state index in [2.05, 4.69) is 36.5 Å². The smallest absolute Gasteiger partial charge is 0.239 e. The third-order valence-corrected chi connectivity index (χ3v) is 3.95. The second-order valence-corrected chi connectivity index (χ2v) is 6.77. The predicted octanol–water partition coefficient (Wildman–Crippen LogP) is 2.40. The SMILES string of the molecule is CCN(C)C(=O)C(C)NCc1nc(C(C)(C)C)cs1. The summed E-state index contributed by atoms with van der Waals surface area (Å²) in [6, 6.07) is -0.174. The summed E-state index contributed by atoms with van der Waals surface area (Å²) in [7, 11) is 1.82. The largest absolute Gasteiger partial charge is 0.345 e. The minimum Gasteiger partial charge on any atom is -0.345 e. The van der Waals surface area contributed by atoms with Gasteiger partial charge in [-0.1, -0.05) is 20.8 Å². The van der Waals surface area contributed by atoms with Gasteiger partial charge in [-0.25, -0.2) is 4.98 Å². The summed E-state index contributed by atoms with van der Waals surface area (Å²) in [5, 5.41) is 6.37. The molecule has 108 valence electrons. The maximum Gasteiger partial charge on any atom is 0.239 e. The highest BCUT2D eigenvalue weighted by Crippen LogP contribution is 2.23. The van der Waals surface area contributed by atoms with Gasteiger partial charge in [0.25, 0.3) is 0 Å². The number of amides is 1. The molecule has 1 rings (SSSR count). The van der Waals surface area contributed by atoms with Gasteiger partial charge in [0.1, 0.15) is 5.01 Å². The van der Waals surface area contributed by atoms with E-state index in [1.807, 2.05) is 20.9 Å². The molecule has 1 aromatic rings. The van der Waals surface area contributed by atoms with E-state index in [-0.39, 0.29) is 17.4 Å². The zero-order valence-corrected chi connectivity index (χ0v) is 13.6. The Bertz CT molecular complexity index is 423. The van der Waals surface area contributed by atoms with Gasteiger partial charge >= 0.3 is 0 Å². The molecule has 0 radical (unpaired) electrons. The molecule has 1 heterocycles. The number of carbonyl (C=O) groups is 1. The lowest BCUT2D eigenvalue weighted by molar-refractivity contribution is -0.131. The van der Waals surface area contributed by atoms with E-state index in [9.17, 15) is 4.79 Å². The lowest BCUT2D eigenvalue weighted by Crippen LogP contribution is -2.42. The highest BCUT2D eigenvalue weighted by atomic mass is 32.1. The Balaban J connectivity index is 2.53. The van der Waals surface area contributed by atoms with Crippen molar-refractivity contribution in [3.8, 4) is 0 Å². The van der Waals surface area contributed by atoms with E-state index in [0.717, 1.165) is 17.2 Å².